The average Bonchev–Trinajstić information content (AvgIpc) is 2.89. The van der Waals surface area contributed by atoms with Crippen LogP contribution in [0.25, 0.3) is 0 Å². The zero-order valence-electron chi connectivity index (χ0n) is 10.4. The minimum absolute atomic E-state index is 0.755. The second-order valence-electron chi connectivity index (χ2n) is 5.50. The van der Waals surface area contributed by atoms with Crippen LogP contribution in [0.1, 0.15) is 31.2 Å². The average molecular weight is 230 g/mol. The highest BCUT2D eigenvalue weighted by molar-refractivity contribution is 5.53. The standard InChI is InChI=1S/C15H22N2/c1-4-8-15-13(5-1)9-12(11-17-15)10-16-14-6-2-3-7-14/h1,4-5,8,12,14,16-17H,2-3,6-7,9-11H2. The maximum atomic E-state index is 3.74. The molecule has 1 atom stereocenters. The molecular formula is C15H22N2. The molecule has 1 unspecified atom stereocenters. The van der Waals surface area contributed by atoms with Gasteiger partial charge in [-0.3, -0.25) is 0 Å². The Labute approximate surface area is 104 Å². The first kappa shape index (κ1) is 11.1. The molecule has 1 aliphatic heterocycles. The highest BCUT2D eigenvalue weighted by atomic mass is 14.9. The summed E-state index contributed by atoms with van der Waals surface area (Å²) in [4.78, 5) is 0. The molecule has 0 bridgehead atoms. The SMILES string of the molecule is c1ccc2c(c1)CC(CNC1CCCC1)CN2. The third-order valence-corrected chi connectivity index (χ3v) is 4.16. The summed E-state index contributed by atoms with van der Waals surface area (Å²) in [5.41, 5.74) is 2.82. The number of hydrogen-bond acceptors (Lipinski definition) is 2. The number of hydrogen-bond donors (Lipinski definition) is 2. The van der Waals surface area contributed by atoms with Gasteiger partial charge in [-0.15, -0.1) is 0 Å². The van der Waals surface area contributed by atoms with Gasteiger partial charge in [0.15, 0.2) is 0 Å². The topological polar surface area (TPSA) is 24.1 Å². The molecule has 1 aromatic rings. The number of anilines is 1. The highest BCUT2D eigenvalue weighted by Crippen LogP contribution is 2.24. The fraction of sp³-hybridized carbons (Fsp3) is 0.600. The molecule has 2 aliphatic rings. The van der Waals surface area contributed by atoms with E-state index in [1.165, 1.54) is 49.9 Å². The Balaban J connectivity index is 1.53. The Kier molecular flexibility index (Phi) is 3.32. The zero-order chi connectivity index (χ0) is 11.5. The van der Waals surface area contributed by atoms with E-state index in [9.17, 15) is 0 Å². The molecule has 0 radical (unpaired) electrons. The fourth-order valence-corrected chi connectivity index (χ4v) is 3.12. The summed E-state index contributed by atoms with van der Waals surface area (Å²) in [7, 11) is 0. The number of benzene rings is 1. The van der Waals surface area contributed by atoms with Gasteiger partial charge in [0.1, 0.15) is 0 Å². The molecule has 0 amide bonds. The summed E-state index contributed by atoms with van der Waals surface area (Å²) in [6, 6.07) is 9.50. The van der Waals surface area contributed by atoms with E-state index in [2.05, 4.69) is 34.9 Å². The molecule has 92 valence electrons. The van der Waals surface area contributed by atoms with Crippen LogP contribution in [0.4, 0.5) is 5.69 Å². The molecule has 17 heavy (non-hydrogen) atoms. The number of fused-ring (bicyclic) bond motifs is 1. The Morgan fingerprint density at radius 3 is 2.88 bits per heavy atom. The second-order valence-corrected chi connectivity index (χ2v) is 5.50. The smallest absolute Gasteiger partial charge is 0.0372 e. The lowest BCUT2D eigenvalue weighted by atomic mass is 9.94. The van der Waals surface area contributed by atoms with Gasteiger partial charge in [0, 0.05) is 24.8 Å². The molecule has 0 saturated heterocycles. The van der Waals surface area contributed by atoms with Gasteiger partial charge in [0.2, 0.25) is 0 Å². The summed E-state index contributed by atoms with van der Waals surface area (Å²) in [6.07, 6.45) is 6.84. The molecular weight excluding hydrogens is 208 g/mol. The van der Waals surface area contributed by atoms with E-state index in [4.69, 9.17) is 0 Å². The fourth-order valence-electron chi connectivity index (χ4n) is 3.12. The Morgan fingerprint density at radius 1 is 1.18 bits per heavy atom. The molecule has 2 N–H and O–H groups in total. The lowest BCUT2D eigenvalue weighted by molar-refractivity contribution is 0.432. The van der Waals surface area contributed by atoms with Crippen LogP contribution in [0.5, 0.6) is 0 Å². The zero-order valence-corrected chi connectivity index (χ0v) is 10.4. The summed E-state index contributed by atoms with van der Waals surface area (Å²) in [6.45, 7) is 2.29. The normalized spacial score (nSPS) is 24.4. The van der Waals surface area contributed by atoms with Crippen LogP contribution in [0.3, 0.4) is 0 Å². The predicted octanol–water partition coefficient (Wildman–Crippen LogP) is 2.80. The lowest BCUT2D eigenvalue weighted by Gasteiger charge is -2.27. The van der Waals surface area contributed by atoms with Gasteiger partial charge in [0.25, 0.3) is 0 Å². The van der Waals surface area contributed by atoms with Crippen molar-refractivity contribution in [3.05, 3.63) is 29.8 Å². The van der Waals surface area contributed by atoms with Crippen LogP contribution in [0.2, 0.25) is 0 Å². The van der Waals surface area contributed by atoms with Crippen molar-refractivity contribution >= 4 is 5.69 Å². The Hall–Kier alpha value is -1.02. The largest absolute Gasteiger partial charge is 0.384 e. The maximum absolute atomic E-state index is 3.74. The monoisotopic (exact) mass is 230 g/mol. The van der Waals surface area contributed by atoms with Gasteiger partial charge in [0.05, 0.1) is 0 Å². The minimum atomic E-state index is 0.755. The van der Waals surface area contributed by atoms with E-state index >= 15 is 0 Å². The van der Waals surface area contributed by atoms with Gasteiger partial charge in [-0.25, -0.2) is 0 Å². The van der Waals surface area contributed by atoms with E-state index in [-0.39, 0.29) is 0 Å². The molecule has 1 aliphatic carbocycles. The van der Waals surface area contributed by atoms with E-state index in [1.54, 1.807) is 0 Å². The summed E-state index contributed by atoms with van der Waals surface area (Å²) >= 11 is 0. The molecule has 1 saturated carbocycles. The maximum Gasteiger partial charge on any atom is 0.0372 e. The van der Waals surface area contributed by atoms with E-state index in [1.807, 2.05) is 0 Å². The van der Waals surface area contributed by atoms with Crippen molar-refractivity contribution in [1.29, 1.82) is 0 Å². The van der Waals surface area contributed by atoms with Gasteiger partial charge in [-0.2, -0.15) is 0 Å². The van der Waals surface area contributed by atoms with Gasteiger partial charge in [-0.1, -0.05) is 31.0 Å². The summed E-state index contributed by atoms with van der Waals surface area (Å²) < 4.78 is 0. The minimum Gasteiger partial charge on any atom is -0.384 e. The van der Waals surface area contributed by atoms with Crippen molar-refractivity contribution in [3.8, 4) is 0 Å². The first-order valence-electron chi connectivity index (χ1n) is 6.97. The van der Waals surface area contributed by atoms with Crippen LogP contribution in [0.15, 0.2) is 24.3 Å². The molecule has 1 heterocycles. The van der Waals surface area contributed by atoms with Crippen LogP contribution in [0, 0.1) is 5.92 Å². The van der Waals surface area contributed by atoms with Crippen molar-refractivity contribution in [2.24, 2.45) is 5.92 Å². The van der Waals surface area contributed by atoms with Crippen molar-refractivity contribution in [3.63, 3.8) is 0 Å². The van der Waals surface area contributed by atoms with E-state index in [0.717, 1.165) is 18.5 Å². The van der Waals surface area contributed by atoms with Gasteiger partial charge < -0.3 is 10.6 Å². The third-order valence-electron chi connectivity index (χ3n) is 4.16. The van der Waals surface area contributed by atoms with Crippen LogP contribution >= 0.6 is 0 Å². The molecule has 0 aromatic heterocycles. The van der Waals surface area contributed by atoms with E-state index in [0.29, 0.717) is 0 Å². The highest BCUT2D eigenvalue weighted by Gasteiger charge is 2.20. The predicted molar refractivity (Wildman–Crippen MR) is 72.4 cm³/mol. The van der Waals surface area contributed by atoms with Gasteiger partial charge >= 0.3 is 0 Å². The summed E-state index contributed by atoms with van der Waals surface area (Å²) in [5.74, 6) is 0.755. The van der Waals surface area contributed by atoms with Crippen LogP contribution < -0.4 is 10.6 Å². The number of para-hydroxylation sites is 1. The Bertz CT molecular complexity index is 369. The Morgan fingerprint density at radius 2 is 2.00 bits per heavy atom. The van der Waals surface area contributed by atoms with Crippen molar-refractivity contribution in [2.45, 2.75) is 38.1 Å². The molecule has 0 spiro atoms. The van der Waals surface area contributed by atoms with Crippen molar-refractivity contribution < 1.29 is 0 Å². The van der Waals surface area contributed by atoms with Crippen molar-refractivity contribution in [1.82, 2.24) is 5.32 Å². The molecule has 1 fully saturated rings. The first-order valence-corrected chi connectivity index (χ1v) is 6.97. The lowest BCUT2D eigenvalue weighted by Crippen LogP contribution is -2.36. The van der Waals surface area contributed by atoms with Gasteiger partial charge in [-0.05, 0) is 36.8 Å². The van der Waals surface area contributed by atoms with Crippen LogP contribution in [-0.2, 0) is 6.42 Å². The molecule has 2 nitrogen and oxygen atoms in total. The number of nitrogens with one attached hydrogen (secondary N) is 2. The number of rotatable bonds is 3. The first-order chi connectivity index (χ1) is 8.42. The summed E-state index contributed by atoms with van der Waals surface area (Å²) in [5, 5.41) is 7.29. The second kappa shape index (κ2) is 5.09. The molecule has 2 heteroatoms. The third kappa shape index (κ3) is 2.63. The molecule has 1 aromatic carbocycles. The quantitative estimate of drug-likeness (QED) is 0.834. The van der Waals surface area contributed by atoms with Crippen LogP contribution in [-0.4, -0.2) is 19.1 Å². The molecule has 3 rings (SSSR count). The van der Waals surface area contributed by atoms with E-state index < -0.39 is 0 Å². The van der Waals surface area contributed by atoms with Crippen molar-refractivity contribution in [2.75, 3.05) is 18.4 Å².